The molecule has 2 aromatic rings. The molecule has 1 aliphatic heterocycles. The van der Waals surface area contributed by atoms with E-state index in [4.69, 9.17) is 4.42 Å². The van der Waals surface area contributed by atoms with Crippen molar-refractivity contribution in [3.8, 4) is 0 Å². The smallest absolute Gasteiger partial charge is 0.224 e. The van der Waals surface area contributed by atoms with Crippen LogP contribution in [-0.2, 0) is 17.6 Å². The van der Waals surface area contributed by atoms with Crippen molar-refractivity contribution in [3.05, 3.63) is 53.0 Å². The molecule has 21 heavy (non-hydrogen) atoms. The van der Waals surface area contributed by atoms with Gasteiger partial charge in [-0.05, 0) is 36.1 Å². The highest BCUT2D eigenvalue weighted by Gasteiger charge is 2.19. The van der Waals surface area contributed by atoms with Crippen LogP contribution < -0.4 is 5.32 Å². The van der Waals surface area contributed by atoms with Crippen molar-refractivity contribution < 1.29 is 9.21 Å². The predicted molar refractivity (Wildman–Crippen MR) is 86.9 cm³/mol. The SMILES string of the molecule is CCc1occc1C(Br)c1ccc2c(c1)CCCC(=O)N2. The molecule has 0 saturated heterocycles. The van der Waals surface area contributed by atoms with E-state index in [0.717, 1.165) is 30.7 Å². The van der Waals surface area contributed by atoms with Crippen LogP contribution in [0, 0.1) is 0 Å². The van der Waals surface area contributed by atoms with Crippen molar-refractivity contribution in [2.24, 2.45) is 0 Å². The molecule has 1 aromatic carbocycles. The first-order valence-electron chi connectivity index (χ1n) is 7.32. The third kappa shape index (κ3) is 2.91. The molecule has 0 saturated carbocycles. The molecule has 0 radical (unpaired) electrons. The summed E-state index contributed by atoms with van der Waals surface area (Å²) >= 11 is 3.78. The molecule has 2 heterocycles. The molecule has 3 rings (SSSR count). The Labute approximate surface area is 132 Å². The first kappa shape index (κ1) is 14.4. The number of aryl methyl sites for hydroxylation is 2. The van der Waals surface area contributed by atoms with Gasteiger partial charge in [-0.15, -0.1) is 0 Å². The molecule has 1 N–H and O–H groups in total. The van der Waals surface area contributed by atoms with Crippen LogP contribution in [0.15, 0.2) is 34.9 Å². The highest BCUT2D eigenvalue weighted by atomic mass is 79.9. The standard InChI is InChI=1S/C17H18BrNO2/c1-2-15-13(8-9-21-15)17(18)12-6-7-14-11(10-12)4-3-5-16(20)19-14/h6-10,17H,2-5H2,1H3,(H,19,20). The minimum absolute atomic E-state index is 0.111. The maximum absolute atomic E-state index is 11.6. The second-order valence-corrected chi connectivity index (χ2v) is 6.25. The van der Waals surface area contributed by atoms with E-state index in [0.29, 0.717) is 6.42 Å². The average molecular weight is 348 g/mol. The number of benzene rings is 1. The Morgan fingerprint density at radius 2 is 2.19 bits per heavy atom. The second-order valence-electron chi connectivity index (χ2n) is 5.33. The van der Waals surface area contributed by atoms with Gasteiger partial charge in [0, 0.05) is 24.1 Å². The van der Waals surface area contributed by atoms with E-state index in [1.54, 1.807) is 6.26 Å². The largest absolute Gasteiger partial charge is 0.469 e. The molecule has 1 aromatic heterocycles. The van der Waals surface area contributed by atoms with Crippen molar-refractivity contribution >= 4 is 27.5 Å². The van der Waals surface area contributed by atoms with E-state index in [1.165, 1.54) is 16.7 Å². The minimum Gasteiger partial charge on any atom is -0.469 e. The van der Waals surface area contributed by atoms with Crippen molar-refractivity contribution in [1.29, 1.82) is 0 Å². The molecule has 110 valence electrons. The maximum atomic E-state index is 11.6. The third-order valence-corrected chi connectivity index (χ3v) is 4.94. The van der Waals surface area contributed by atoms with Gasteiger partial charge in [-0.25, -0.2) is 0 Å². The van der Waals surface area contributed by atoms with E-state index >= 15 is 0 Å². The number of fused-ring (bicyclic) bond motifs is 1. The van der Waals surface area contributed by atoms with Gasteiger partial charge in [0.2, 0.25) is 5.91 Å². The van der Waals surface area contributed by atoms with Crippen molar-refractivity contribution in [3.63, 3.8) is 0 Å². The highest BCUT2D eigenvalue weighted by molar-refractivity contribution is 9.09. The Morgan fingerprint density at radius 3 is 3.00 bits per heavy atom. The first-order valence-corrected chi connectivity index (χ1v) is 8.23. The van der Waals surface area contributed by atoms with Gasteiger partial charge in [0.05, 0.1) is 11.1 Å². The maximum Gasteiger partial charge on any atom is 0.224 e. The van der Waals surface area contributed by atoms with Crippen LogP contribution >= 0.6 is 15.9 Å². The third-order valence-electron chi connectivity index (χ3n) is 3.92. The number of rotatable bonds is 3. The lowest BCUT2D eigenvalue weighted by molar-refractivity contribution is -0.116. The van der Waals surface area contributed by atoms with Gasteiger partial charge in [0.25, 0.3) is 0 Å². The predicted octanol–water partition coefficient (Wildman–Crippen LogP) is 4.60. The van der Waals surface area contributed by atoms with Gasteiger partial charge in [0.15, 0.2) is 0 Å². The second kappa shape index (κ2) is 6.06. The summed E-state index contributed by atoms with van der Waals surface area (Å²) in [6.07, 6.45) is 5.07. The van der Waals surface area contributed by atoms with E-state index in [-0.39, 0.29) is 10.7 Å². The molecule has 4 heteroatoms. The van der Waals surface area contributed by atoms with Crippen LogP contribution in [0.4, 0.5) is 5.69 Å². The Balaban J connectivity index is 1.93. The summed E-state index contributed by atoms with van der Waals surface area (Å²) in [6.45, 7) is 2.09. The number of alkyl halides is 1. The van der Waals surface area contributed by atoms with Gasteiger partial charge >= 0.3 is 0 Å². The van der Waals surface area contributed by atoms with Crippen LogP contribution in [0.1, 0.15) is 47.0 Å². The van der Waals surface area contributed by atoms with Gasteiger partial charge in [-0.2, -0.15) is 0 Å². The van der Waals surface area contributed by atoms with Gasteiger partial charge in [0.1, 0.15) is 5.76 Å². The lowest BCUT2D eigenvalue weighted by Gasteiger charge is -2.14. The normalized spacial score (nSPS) is 16.0. The number of carbonyl (C=O) groups is 1. The summed E-state index contributed by atoms with van der Waals surface area (Å²) in [4.78, 5) is 11.7. The van der Waals surface area contributed by atoms with E-state index in [9.17, 15) is 4.79 Å². The molecule has 1 unspecified atom stereocenters. The van der Waals surface area contributed by atoms with Crippen molar-refractivity contribution in [1.82, 2.24) is 0 Å². The van der Waals surface area contributed by atoms with Crippen LogP contribution in [0.25, 0.3) is 0 Å². The number of nitrogens with one attached hydrogen (secondary N) is 1. The lowest BCUT2D eigenvalue weighted by atomic mass is 9.99. The van der Waals surface area contributed by atoms with Crippen molar-refractivity contribution in [2.45, 2.75) is 37.4 Å². The van der Waals surface area contributed by atoms with Crippen LogP contribution in [0.2, 0.25) is 0 Å². The molecule has 0 aliphatic carbocycles. The summed E-state index contributed by atoms with van der Waals surface area (Å²) in [5.74, 6) is 1.13. The molecule has 0 bridgehead atoms. The number of amides is 1. The summed E-state index contributed by atoms with van der Waals surface area (Å²) < 4.78 is 5.52. The number of anilines is 1. The Morgan fingerprint density at radius 1 is 1.33 bits per heavy atom. The Hall–Kier alpha value is -1.55. The van der Waals surface area contributed by atoms with Crippen molar-refractivity contribution in [2.75, 3.05) is 5.32 Å². The number of carbonyl (C=O) groups excluding carboxylic acids is 1. The molecule has 1 atom stereocenters. The zero-order valence-corrected chi connectivity index (χ0v) is 13.6. The van der Waals surface area contributed by atoms with Crippen LogP contribution in [0.3, 0.4) is 0 Å². The number of furan rings is 1. The summed E-state index contributed by atoms with van der Waals surface area (Å²) in [5.41, 5.74) is 4.53. The fraction of sp³-hybridized carbons (Fsp3) is 0.353. The van der Waals surface area contributed by atoms with Crippen LogP contribution in [-0.4, -0.2) is 5.91 Å². The number of halogens is 1. The summed E-state index contributed by atoms with van der Waals surface area (Å²) in [7, 11) is 0. The van der Waals surface area contributed by atoms with E-state index < -0.39 is 0 Å². The fourth-order valence-electron chi connectivity index (χ4n) is 2.80. The van der Waals surface area contributed by atoms with Crippen LogP contribution in [0.5, 0.6) is 0 Å². The Kier molecular flexibility index (Phi) is 4.15. The number of hydrogen-bond donors (Lipinski definition) is 1. The van der Waals surface area contributed by atoms with E-state index in [2.05, 4.69) is 40.3 Å². The quantitative estimate of drug-likeness (QED) is 0.824. The fourth-order valence-corrected chi connectivity index (χ4v) is 3.49. The van der Waals surface area contributed by atoms with Gasteiger partial charge in [-0.3, -0.25) is 4.79 Å². The molecule has 3 nitrogen and oxygen atoms in total. The zero-order valence-electron chi connectivity index (χ0n) is 12.0. The highest BCUT2D eigenvalue weighted by Crippen LogP contribution is 2.36. The minimum atomic E-state index is 0.111. The molecule has 1 amide bonds. The van der Waals surface area contributed by atoms with Gasteiger partial charge in [-0.1, -0.05) is 35.0 Å². The summed E-state index contributed by atoms with van der Waals surface area (Å²) in [5, 5.41) is 2.97. The lowest BCUT2D eigenvalue weighted by Crippen LogP contribution is -2.09. The molecule has 0 fully saturated rings. The van der Waals surface area contributed by atoms with Gasteiger partial charge < -0.3 is 9.73 Å². The summed E-state index contributed by atoms with van der Waals surface area (Å²) in [6, 6.07) is 8.28. The number of hydrogen-bond acceptors (Lipinski definition) is 2. The Bertz CT molecular complexity index is 663. The zero-order chi connectivity index (χ0) is 14.8. The average Bonchev–Trinajstić information content (AvgIpc) is 2.88. The molecule has 0 spiro atoms. The molecular formula is C17H18BrNO2. The topological polar surface area (TPSA) is 42.2 Å². The molecule has 1 aliphatic rings. The van der Waals surface area contributed by atoms with E-state index in [1.807, 2.05) is 12.1 Å². The first-order chi connectivity index (χ1) is 10.2. The monoisotopic (exact) mass is 347 g/mol. The molecular weight excluding hydrogens is 330 g/mol.